The molecule has 15 heavy (non-hydrogen) atoms. The minimum absolute atomic E-state index is 0.128. The van der Waals surface area contributed by atoms with Crippen molar-refractivity contribution in [2.24, 2.45) is 0 Å². The van der Waals surface area contributed by atoms with Crippen LogP contribution in [0.15, 0.2) is 6.07 Å². The van der Waals surface area contributed by atoms with Crippen LogP contribution in [0.2, 0.25) is 0 Å². The van der Waals surface area contributed by atoms with E-state index in [0.717, 1.165) is 4.88 Å². The number of esters is 1. The molecule has 0 unspecified atom stereocenters. The van der Waals surface area contributed by atoms with Gasteiger partial charge in [0.15, 0.2) is 0 Å². The van der Waals surface area contributed by atoms with Gasteiger partial charge in [0.25, 0.3) is 0 Å². The molecule has 0 radical (unpaired) electrons. The average Bonchev–Trinajstić information content (AvgIpc) is 2.54. The van der Waals surface area contributed by atoms with E-state index < -0.39 is 0 Å². The van der Waals surface area contributed by atoms with Gasteiger partial charge in [-0.2, -0.15) is 0 Å². The monoisotopic (exact) mass is 229 g/mol. The number of rotatable bonds is 5. The molecule has 0 saturated heterocycles. The van der Waals surface area contributed by atoms with Gasteiger partial charge in [0.05, 0.1) is 6.61 Å². The van der Waals surface area contributed by atoms with Gasteiger partial charge < -0.3 is 15.6 Å². The lowest BCUT2D eigenvalue weighted by molar-refractivity contribution is 0.0498. The highest BCUT2D eigenvalue weighted by molar-refractivity contribution is 7.14. The van der Waals surface area contributed by atoms with Gasteiger partial charge >= 0.3 is 5.97 Å². The second-order valence-corrected chi connectivity index (χ2v) is 4.45. The van der Waals surface area contributed by atoms with Crippen LogP contribution in [-0.2, 0) is 4.74 Å². The van der Waals surface area contributed by atoms with Crippen molar-refractivity contribution in [3.05, 3.63) is 15.8 Å². The van der Waals surface area contributed by atoms with Gasteiger partial charge in [0.1, 0.15) is 4.88 Å². The first-order chi connectivity index (χ1) is 7.15. The maximum absolute atomic E-state index is 11.4. The molecule has 0 spiro atoms. The Labute approximate surface area is 92.7 Å². The van der Waals surface area contributed by atoms with Crippen molar-refractivity contribution in [3.8, 4) is 0 Å². The van der Waals surface area contributed by atoms with E-state index in [1.54, 1.807) is 6.07 Å². The number of carbonyl (C=O) groups excluding carboxylic acids is 1. The number of unbranched alkanes of at least 4 members (excludes halogenated alkanes) is 1. The zero-order chi connectivity index (χ0) is 11.3. The highest BCUT2D eigenvalue weighted by atomic mass is 32.1. The van der Waals surface area contributed by atoms with Crippen molar-refractivity contribution in [2.45, 2.75) is 19.8 Å². The third-order valence-electron chi connectivity index (χ3n) is 1.94. The molecule has 0 aliphatic heterocycles. The zero-order valence-corrected chi connectivity index (χ0v) is 9.47. The van der Waals surface area contributed by atoms with Gasteiger partial charge in [-0.3, -0.25) is 0 Å². The molecule has 0 amide bonds. The SMILES string of the molecule is Cc1sc(C(=O)OCCCCO)cc1N. The summed E-state index contributed by atoms with van der Waals surface area (Å²) in [4.78, 5) is 12.9. The summed E-state index contributed by atoms with van der Waals surface area (Å²) >= 11 is 1.34. The molecule has 3 N–H and O–H groups in total. The normalized spacial score (nSPS) is 10.3. The Morgan fingerprint density at radius 3 is 2.87 bits per heavy atom. The third kappa shape index (κ3) is 3.53. The van der Waals surface area contributed by atoms with Crippen molar-refractivity contribution in [1.29, 1.82) is 0 Å². The maximum Gasteiger partial charge on any atom is 0.348 e. The molecule has 84 valence electrons. The average molecular weight is 229 g/mol. The summed E-state index contributed by atoms with van der Waals surface area (Å²) in [7, 11) is 0. The minimum atomic E-state index is -0.335. The Morgan fingerprint density at radius 1 is 1.60 bits per heavy atom. The van der Waals surface area contributed by atoms with Crippen LogP contribution >= 0.6 is 11.3 Å². The molecule has 0 atom stereocenters. The van der Waals surface area contributed by atoms with Crippen LogP contribution in [0.4, 0.5) is 5.69 Å². The molecule has 0 aliphatic carbocycles. The quantitative estimate of drug-likeness (QED) is 0.593. The molecule has 4 nitrogen and oxygen atoms in total. The Bertz CT molecular complexity index is 316. The van der Waals surface area contributed by atoms with Gasteiger partial charge in [0, 0.05) is 17.2 Å². The Kier molecular flexibility index (Phi) is 4.58. The van der Waals surface area contributed by atoms with Gasteiger partial charge in [-0.1, -0.05) is 0 Å². The molecular weight excluding hydrogens is 214 g/mol. The fraction of sp³-hybridized carbons (Fsp3) is 0.500. The lowest BCUT2D eigenvalue weighted by atomic mass is 10.3. The van der Waals surface area contributed by atoms with E-state index >= 15 is 0 Å². The summed E-state index contributed by atoms with van der Waals surface area (Å²) in [6.45, 7) is 2.33. The smallest absolute Gasteiger partial charge is 0.348 e. The van der Waals surface area contributed by atoms with Gasteiger partial charge in [-0.25, -0.2) is 4.79 Å². The molecule has 1 aromatic rings. The van der Waals surface area contributed by atoms with Crippen LogP contribution in [-0.4, -0.2) is 24.3 Å². The van der Waals surface area contributed by atoms with Crippen LogP contribution in [0.25, 0.3) is 0 Å². The van der Waals surface area contributed by atoms with Crippen LogP contribution < -0.4 is 5.73 Å². The lowest BCUT2D eigenvalue weighted by Crippen LogP contribution is -2.05. The number of hydrogen-bond donors (Lipinski definition) is 2. The number of carbonyl (C=O) groups is 1. The Balaban J connectivity index is 2.40. The van der Waals surface area contributed by atoms with Crippen molar-refractivity contribution in [2.75, 3.05) is 18.9 Å². The third-order valence-corrected chi connectivity index (χ3v) is 2.99. The number of nitrogens with two attached hydrogens (primary N) is 1. The summed E-state index contributed by atoms with van der Waals surface area (Å²) in [5.41, 5.74) is 6.25. The fourth-order valence-corrected chi connectivity index (χ4v) is 1.88. The van der Waals surface area contributed by atoms with E-state index in [-0.39, 0.29) is 12.6 Å². The zero-order valence-electron chi connectivity index (χ0n) is 8.66. The Morgan fingerprint density at radius 2 is 2.33 bits per heavy atom. The van der Waals surface area contributed by atoms with E-state index in [1.807, 2.05) is 6.92 Å². The molecule has 1 rings (SSSR count). The summed E-state index contributed by atoms with van der Waals surface area (Å²) in [6, 6.07) is 1.63. The van der Waals surface area contributed by atoms with Crippen molar-refractivity contribution in [3.63, 3.8) is 0 Å². The number of aryl methyl sites for hydroxylation is 1. The molecule has 5 heteroatoms. The standard InChI is InChI=1S/C10H15NO3S/c1-7-8(11)6-9(15-7)10(13)14-5-3-2-4-12/h6,12H,2-5,11H2,1H3. The predicted octanol–water partition coefficient (Wildman–Crippen LogP) is 1.57. The fourth-order valence-electron chi connectivity index (χ4n) is 1.05. The first-order valence-electron chi connectivity index (χ1n) is 4.79. The largest absolute Gasteiger partial charge is 0.462 e. The lowest BCUT2D eigenvalue weighted by Gasteiger charge is -2.01. The summed E-state index contributed by atoms with van der Waals surface area (Å²) in [5.74, 6) is -0.335. The van der Waals surface area contributed by atoms with E-state index in [0.29, 0.717) is 30.0 Å². The van der Waals surface area contributed by atoms with Gasteiger partial charge in [-0.05, 0) is 25.8 Å². The molecule has 0 saturated carbocycles. The van der Waals surface area contributed by atoms with Crippen LogP contribution in [0, 0.1) is 6.92 Å². The summed E-state index contributed by atoms with van der Waals surface area (Å²) < 4.78 is 5.00. The minimum Gasteiger partial charge on any atom is -0.462 e. The number of aliphatic hydroxyl groups is 1. The first kappa shape index (κ1) is 12.0. The number of nitrogen functional groups attached to an aromatic ring is 1. The molecular formula is C10H15NO3S. The molecule has 1 aromatic heterocycles. The highest BCUT2D eigenvalue weighted by Crippen LogP contribution is 2.23. The first-order valence-corrected chi connectivity index (χ1v) is 5.60. The molecule has 0 bridgehead atoms. The Hall–Kier alpha value is -1.07. The topological polar surface area (TPSA) is 72.5 Å². The van der Waals surface area contributed by atoms with Crippen molar-refractivity contribution >= 4 is 23.0 Å². The highest BCUT2D eigenvalue weighted by Gasteiger charge is 2.11. The van der Waals surface area contributed by atoms with E-state index in [1.165, 1.54) is 11.3 Å². The number of hydrogen-bond acceptors (Lipinski definition) is 5. The van der Waals surface area contributed by atoms with Crippen LogP contribution in [0.1, 0.15) is 27.4 Å². The second-order valence-electron chi connectivity index (χ2n) is 3.19. The van der Waals surface area contributed by atoms with Crippen molar-refractivity contribution < 1.29 is 14.6 Å². The summed E-state index contributed by atoms with van der Waals surface area (Å²) in [6.07, 6.45) is 1.33. The van der Waals surface area contributed by atoms with Crippen molar-refractivity contribution in [1.82, 2.24) is 0 Å². The molecule has 1 heterocycles. The van der Waals surface area contributed by atoms with E-state index in [9.17, 15) is 4.79 Å². The van der Waals surface area contributed by atoms with Crippen LogP contribution in [0.5, 0.6) is 0 Å². The van der Waals surface area contributed by atoms with Gasteiger partial charge in [0.2, 0.25) is 0 Å². The number of ether oxygens (including phenoxy) is 1. The molecule has 0 aliphatic rings. The number of thiophene rings is 1. The van der Waals surface area contributed by atoms with Gasteiger partial charge in [-0.15, -0.1) is 11.3 Å². The second kappa shape index (κ2) is 5.72. The maximum atomic E-state index is 11.4. The van der Waals surface area contributed by atoms with E-state index in [4.69, 9.17) is 15.6 Å². The molecule has 0 aromatic carbocycles. The van der Waals surface area contributed by atoms with Crippen LogP contribution in [0.3, 0.4) is 0 Å². The van der Waals surface area contributed by atoms with E-state index in [2.05, 4.69) is 0 Å². The molecule has 0 fully saturated rings. The summed E-state index contributed by atoms with van der Waals surface area (Å²) in [5, 5.41) is 8.53. The number of aliphatic hydroxyl groups excluding tert-OH is 1. The number of anilines is 1. The predicted molar refractivity (Wildman–Crippen MR) is 60.1 cm³/mol.